The van der Waals surface area contributed by atoms with Crippen molar-refractivity contribution in [3.05, 3.63) is 18.1 Å². The molecular weight excluding hydrogens is 204 g/mol. The van der Waals surface area contributed by atoms with Gasteiger partial charge in [0.25, 0.3) is 0 Å². The van der Waals surface area contributed by atoms with Crippen LogP contribution in [0, 0.1) is 11.3 Å². The molecule has 0 bridgehead atoms. The van der Waals surface area contributed by atoms with Crippen molar-refractivity contribution in [3.8, 4) is 6.07 Å². The molecule has 84 valence electrons. The first-order valence-electron chi connectivity index (χ1n) is 5.38. The molecule has 0 spiro atoms. The monoisotopic (exact) mass is 218 g/mol. The van der Waals surface area contributed by atoms with Crippen molar-refractivity contribution in [3.63, 3.8) is 0 Å². The molecule has 2 unspecified atom stereocenters. The summed E-state index contributed by atoms with van der Waals surface area (Å²) in [5.74, 6) is 0.720. The molecule has 1 saturated heterocycles. The maximum Gasteiger partial charge on any atom is 0.158 e. The van der Waals surface area contributed by atoms with Crippen molar-refractivity contribution in [2.75, 3.05) is 11.9 Å². The molecule has 1 aliphatic heterocycles. The first-order valence-corrected chi connectivity index (χ1v) is 5.38. The standard InChI is InChI=1S/C11H14N4O/c1-8-4-9(2-3-16-8)15-11-7-13-10(5-12)6-14-11/h6-9H,2-4H2,1H3,(H,14,15). The second kappa shape index (κ2) is 4.90. The maximum atomic E-state index is 8.60. The van der Waals surface area contributed by atoms with Gasteiger partial charge in [-0.3, -0.25) is 0 Å². The number of anilines is 1. The van der Waals surface area contributed by atoms with Crippen LogP contribution in [0.2, 0.25) is 0 Å². The lowest BCUT2D eigenvalue weighted by molar-refractivity contribution is 0.0232. The second-order valence-corrected chi connectivity index (χ2v) is 3.95. The van der Waals surface area contributed by atoms with Gasteiger partial charge in [-0.15, -0.1) is 0 Å². The summed E-state index contributed by atoms with van der Waals surface area (Å²) in [5, 5.41) is 11.9. The third kappa shape index (κ3) is 2.67. The molecule has 2 rings (SSSR count). The van der Waals surface area contributed by atoms with Gasteiger partial charge in [-0.25, -0.2) is 9.97 Å². The van der Waals surface area contributed by atoms with Crippen LogP contribution < -0.4 is 5.32 Å². The van der Waals surface area contributed by atoms with Gasteiger partial charge in [0.2, 0.25) is 0 Å². The van der Waals surface area contributed by atoms with E-state index >= 15 is 0 Å². The highest BCUT2D eigenvalue weighted by Gasteiger charge is 2.19. The summed E-state index contributed by atoms with van der Waals surface area (Å²) in [5.41, 5.74) is 0.339. The van der Waals surface area contributed by atoms with E-state index < -0.39 is 0 Å². The Balaban J connectivity index is 1.95. The molecule has 1 aliphatic rings. The molecule has 1 N–H and O–H groups in total. The van der Waals surface area contributed by atoms with E-state index in [1.54, 1.807) is 6.20 Å². The van der Waals surface area contributed by atoms with E-state index in [9.17, 15) is 0 Å². The lowest BCUT2D eigenvalue weighted by atomic mass is 10.0. The highest BCUT2D eigenvalue weighted by Crippen LogP contribution is 2.16. The zero-order chi connectivity index (χ0) is 11.4. The topological polar surface area (TPSA) is 70.8 Å². The molecule has 0 radical (unpaired) electrons. The van der Waals surface area contributed by atoms with Crippen LogP contribution in [0.5, 0.6) is 0 Å². The molecule has 0 aliphatic carbocycles. The number of nitrogens with one attached hydrogen (secondary N) is 1. The zero-order valence-corrected chi connectivity index (χ0v) is 9.18. The van der Waals surface area contributed by atoms with Crippen molar-refractivity contribution in [1.29, 1.82) is 5.26 Å². The number of rotatable bonds is 2. The molecule has 0 amide bonds. The largest absolute Gasteiger partial charge is 0.378 e. The molecular formula is C11H14N4O. The van der Waals surface area contributed by atoms with Gasteiger partial charge in [-0.2, -0.15) is 5.26 Å². The molecule has 2 atom stereocenters. The van der Waals surface area contributed by atoms with Gasteiger partial charge in [-0.1, -0.05) is 0 Å². The summed E-state index contributed by atoms with van der Waals surface area (Å²) in [6.07, 6.45) is 5.31. The predicted molar refractivity (Wildman–Crippen MR) is 58.8 cm³/mol. The number of hydrogen-bond acceptors (Lipinski definition) is 5. The minimum Gasteiger partial charge on any atom is -0.378 e. The highest BCUT2D eigenvalue weighted by molar-refractivity contribution is 5.34. The third-order valence-electron chi connectivity index (χ3n) is 2.60. The van der Waals surface area contributed by atoms with Crippen molar-refractivity contribution < 1.29 is 4.74 Å². The quantitative estimate of drug-likeness (QED) is 0.810. The number of ether oxygens (including phenoxy) is 1. The van der Waals surface area contributed by atoms with Gasteiger partial charge < -0.3 is 10.1 Å². The molecule has 1 aromatic rings. The molecule has 0 saturated carbocycles. The Bertz CT molecular complexity index is 384. The Kier molecular flexibility index (Phi) is 3.32. The van der Waals surface area contributed by atoms with Crippen LogP contribution in [0.25, 0.3) is 0 Å². The summed E-state index contributed by atoms with van der Waals surface area (Å²) in [6, 6.07) is 2.32. The summed E-state index contributed by atoms with van der Waals surface area (Å²) >= 11 is 0. The highest BCUT2D eigenvalue weighted by atomic mass is 16.5. The van der Waals surface area contributed by atoms with E-state index in [-0.39, 0.29) is 6.10 Å². The van der Waals surface area contributed by atoms with Gasteiger partial charge >= 0.3 is 0 Å². The van der Waals surface area contributed by atoms with E-state index in [2.05, 4.69) is 22.2 Å². The molecule has 2 heterocycles. The number of nitrogens with zero attached hydrogens (tertiary/aromatic N) is 3. The van der Waals surface area contributed by atoms with E-state index in [4.69, 9.17) is 10.00 Å². The summed E-state index contributed by atoms with van der Waals surface area (Å²) in [4.78, 5) is 8.10. The first-order chi connectivity index (χ1) is 7.78. The zero-order valence-electron chi connectivity index (χ0n) is 9.18. The smallest absolute Gasteiger partial charge is 0.158 e. The van der Waals surface area contributed by atoms with Crippen LogP contribution in [0.4, 0.5) is 5.82 Å². The molecule has 16 heavy (non-hydrogen) atoms. The fourth-order valence-electron chi connectivity index (χ4n) is 1.80. The van der Waals surface area contributed by atoms with Crippen LogP contribution in [-0.2, 0) is 4.74 Å². The Hall–Kier alpha value is -1.67. The molecule has 1 aromatic heterocycles. The number of aromatic nitrogens is 2. The van der Waals surface area contributed by atoms with Gasteiger partial charge in [0, 0.05) is 12.6 Å². The van der Waals surface area contributed by atoms with Crippen molar-refractivity contribution in [2.24, 2.45) is 0 Å². The van der Waals surface area contributed by atoms with Crippen molar-refractivity contribution >= 4 is 5.82 Å². The van der Waals surface area contributed by atoms with Gasteiger partial charge in [0.1, 0.15) is 11.9 Å². The van der Waals surface area contributed by atoms with E-state index in [0.717, 1.165) is 25.3 Å². The van der Waals surface area contributed by atoms with E-state index in [1.165, 1.54) is 6.20 Å². The van der Waals surface area contributed by atoms with Crippen molar-refractivity contribution in [1.82, 2.24) is 9.97 Å². The number of nitriles is 1. The van der Waals surface area contributed by atoms with E-state index in [1.807, 2.05) is 6.07 Å². The van der Waals surface area contributed by atoms with Gasteiger partial charge in [0.05, 0.1) is 18.5 Å². The molecule has 0 aromatic carbocycles. The average Bonchev–Trinajstić information content (AvgIpc) is 2.30. The minimum absolute atomic E-state index is 0.289. The Morgan fingerprint density at radius 1 is 1.50 bits per heavy atom. The predicted octanol–water partition coefficient (Wildman–Crippen LogP) is 1.33. The van der Waals surface area contributed by atoms with Crippen LogP contribution in [0.3, 0.4) is 0 Å². The average molecular weight is 218 g/mol. The van der Waals surface area contributed by atoms with Gasteiger partial charge in [-0.05, 0) is 19.8 Å². The fourth-order valence-corrected chi connectivity index (χ4v) is 1.80. The minimum atomic E-state index is 0.289. The van der Waals surface area contributed by atoms with Crippen LogP contribution >= 0.6 is 0 Å². The Labute approximate surface area is 94.5 Å². The maximum absolute atomic E-state index is 8.60. The molecule has 5 heteroatoms. The number of hydrogen-bond donors (Lipinski definition) is 1. The third-order valence-corrected chi connectivity index (χ3v) is 2.60. The normalized spacial score (nSPS) is 24.8. The van der Waals surface area contributed by atoms with Gasteiger partial charge in [0.15, 0.2) is 5.69 Å². The summed E-state index contributed by atoms with van der Waals surface area (Å²) < 4.78 is 5.46. The lowest BCUT2D eigenvalue weighted by Crippen LogP contribution is -2.32. The van der Waals surface area contributed by atoms with Crippen LogP contribution in [0.15, 0.2) is 12.4 Å². The summed E-state index contributed by atoms with van der Waals surface area (Å²) in [7, 11) is 0. The Morgan fingerprint density at radius 3 is 3.00 bits per heavy atom. The lowest BCUT2D eigenvalue weighted by Gasteiger charge is -2.28. The first kappa shape index (κ1) is 10.8. The molecule has 1 fully saturated rings. The second-order valence-electron chi connectivity index (χ2n) is 3.95. The van der Waals surface area contributed by atoms with Crippen LogP contribution in [0.1, 0.15) is 25.5 Å². The SMILES string of the molecule is CC1CC(Nc2cnc(C#N)cn2)CCO1. The van der Waals surface area contributed by atoms with E-state index in [0.29, 0.717) is 11.7 Å². The Morgan fingerprint density at radius 2 is 2.38 bits per heavy atom. The molecule has 5 nitrogen and oxygen atoms in total. The van der Waals surface area contributed by atoms with Crippen molar-refractivity contribution in [2.45, 2.75) is 31.9 Å². The van der Waals surface area contributed by atoms with Crippen LogP contribution in [-0.4, -0.2) is 28.7 Å². The fraction of sp³-hybridized carbons (Fsp3) is 0.545. The summed E-state index contributed by atoms with van der Waals surface area (Å²) in [6.45, 7) is 2.85.